The van der Waals surface area contributed by atoms with Crippen LogP contribution >= 0.6 is 0 Å². The fraction of sp³-hybridized carbons (Fsp3) is 1.00. The van der Waals surface area contributed by atoms with Gasteiger partial charge in [0.05, 0.1) is 19.3 Å². The molecule has 4 nitrogen and oxygen atoms in total. The number of aliphatic hydroxyl groups excluding tert-OH is 1. The van der Waals surface area contributed by atoms with Crippen molar-refractivity contribution in [3.05, 3.63) is 0 Å². The van der Waals surface area contributed by atoms with Gasteiger partial charge in [-0.1, -0.05) is 50.9 Å². The van der Waals surface area contributed by atoms with Gasteiger partial charge in [-0.25, -0.2) is 0 Å². The second-order valence-corrected chi connectivity index (χ2v) is 18.8. The zero-order valence-corrected chi connectivity index (χ0v) is 16.3. The molecule has 0 amide bonds. The van der Waals surface area contributed by atoms with Gasteiger partial charge in [0.1, 0.15) is 0 Å². The SMILES string of the molecule is CN(O)CC(O)COCCC[Si](C)(C)CC[Si](C)(C)C. The topological polar surface area (TPSA) is 52.9 Å². The van der Waals surface area contributed by atoms with Crippen LogP contribution in [0.3, 0.4) is 0 Å². The van der Waals surface area contributed by atoms with Gasteiger partial charge in [-0.05, 0) is 6.42 Å². The van der Waals surface area contributed by atoms with Crippen molar-refractivity contribution >= 4 is 16.1 Å². The molecule has 122 valence electrons. The zero-order chi connectivity index (χ0) is 15.8. The fourth-order valence-corrected chi connectivity index (χ4v) is 9.13. The van der Waals surface area contributed by atoms with Crippen molar-refractivity contribution in [3.8, 4) is 0 Å². The summed E-state index contributed by atoms with van der Waals surface area (Å²) >= 11 is 0. The van der Waals surface area contributed by atoms with Gasteiger partial charge in [0.15, 0.2) is 0 Å². The quantitative estimate of drug-likeness (QED) is 0.349. The smallest absolute Gasteiger partial charge is 0.0923 e. The van der Waals surface area contributed by atoms with Gasteiger partial charge in [0.25, 0.3) is 0 Å². The standard InChI is InChI=1S/C14H35NO3Si2/c1-15(17)12-14(16)13-18-8-7-9-20(5,6)11-10-19(2,3)4/h14,16-17H,7-13H2,1-6H3. The van der Waals surface area contributed by atoms with Gasteiger partial charge in [0.2, 0.25) is 0 Å². The third kappa shape index (κ3) is 13.3. The summed E-state index contributed by atoms with van der Waals surface area (Å²) in [5, 5.41) is 19.5. The first-order valence-electron chi connectivity index (χ1n) is 7.68. The summed E-state index contributed by atoms with van der Waals surface area (Å²) in [6, 6.07) is 4.17. The summed E-state index contributed by atoms with van der Waals surface area (Å²) in [6.07, 6.45) is 0.481. The highest BCUT2D eigenvalue weighted by molar-refractivity contribution is 6.82. The van der Waals surface area contributed by atoms with Crippen LogP contribution in [0.2, 0.25) is 50.9 Å². The first-order valence-corrected chi connectivity index (χ1v) is 14.8. The Bertz CT molecular complexity index is 255. The average molecular weight is 322 g/mol. The number of likely N-dealkylation sites (N-methyl/N-ethyl adjacent to an activating group) is 1. The first-order chi connectivity index (χ1) is 9.02. The van der Waals surface area contributed by atoms with Gasteiger partial charge in [-0.15, -0.1) is 0 Å². The molecule has 0 rings (SSSR count). The van der Waals surface area contributed by atoms with E-state index < -0.39 is 22.3 Å². The number of ether oxygens (including phenoxy) is 1. The third-order valence-electron chi connectivity index (χ3n) is 3.48. The van der Waals surface area contributed by atoms with E-state index in [9.17, 15) is 5.11 Å². The molecule has 0 spiro atoms. The Morgan fingerprint density at radius 1 is 1.05 bits per heavy atom. The van der Waals surface area contributed by atoms with Gasteiger partial charge < -0.3 is 15.1 Å². The molecule has 0 saturated heterocycles. The largest absolute Gasteiger partial charge is 0.389 e. The van der Waals surface area contributed by atoms with Gasteiger partial charge >= 0.3 is 0 Å². The van der Waals surface area contributed by atoms with Crippen molar-refractivity contribution < 1.29 is 15.1 Å². The van der Waals surface area contributed by atoms with E-state index in [1.54, 1.807) is 0 Å². The lowest BCUT2D eigenvalue weighted by atomic mass is 10.4. The highest BCUT2D eigenvalue weighted by Gasteiger charge is 2.23. The summed E-state index contributed by atoms with van der Waals surface area (Å²) in [6.45, 7) is 13.5. The fourth-order valence-electron chi connectivity index (χ4n) is 2.07. The van der Waals surface area contributed by atoms with Crippen molar-refractivity contribution in [3.63, 3.8) is 0 Å². The number of rotatable bonds is 11. The van der Waals surface area contributed by atoms with E-state index in [-0.39, 0.29) is 6.54 Å². The van der Waals surface area contributed by atoms with E-state index in [0.29, 0.717) is 6.61 Å². The molecule has 6 heteroatoms. The number of hydrogen-bond donors (Lipinski definition) is 2. The minimum atomic E-state index is -1.07. The molecule has 1 unspecified atom stereocenters. The highest BCUT2D eigenvalue weighted by Crippen LogP contribution is 2.24. The summed E-state index contributed by atoms with van der Waals surface area (Å²) in [7, 11) is -0.459. The van der Waals surface area contributed by atoms with Crippen LogP contribution in [0.25, 0.3) is 0 Å². The molecule has 1 atom stereocenters. The van der Waals surface area contributed by atoms with Gasteiger partial charge in [-0.2, -0.15) is 5.06 Å². The number of aliphatic hydroxyl groups is 1. The second-order valence-electron chi connectivity index (χ2n) is 7.90. The van der Waals surface area contributed by atoms with Crippen molar-refractivity contribution in [2.75, 3.05) is 26.8 Å². The molecular formula is C14H35NO3Si2. The van der Waals surface area contributed by atoms with Crippen LogP contribution in [0.5, 0.6) is 0 Å². The molecular weight excluding hydrogens is 286 g/mol. The predicted molar refractivity (Wildman–Crippen MR) is 91.1 cm³/mol. The summed E-state index contributed by atoms with van der Waals surface area (Å²) < 4.78 is 5.48. The molecule has 2 N–H and O–H groups in total. The number of hydrogen-bond acceptors (Lipinski definition) is 4. The summed E-state index contributed by atoms with van der Waals surface area (Å²) in [5.74, 6) is 0. The molecule has 0 heterocycles. The van der Waals surface area contributed by atoms with Crippen molar-refractivity contribution in [1.29, 1.82) is 0 Å². The average Bonchev–Trinajstić information content (AvgIpc) is 2.24. The molecule has 0 bridgehead atoms. The van der Waals surface area contributed by atoms with Crippen molar-refractivity contribution in [2.45, 2.75) is 63.4 Å². The van der Waals surface area contributed by atoms with Gasteiger partial charge in [-0.3, -0.25) is 0 Å². The first kappa shape index (κ1) is 20.3. The van der Waals surface area contributed by atoms with Crippen LogP contribution in [-0.2, 0) is 4.74 Å². The monoisotopic (exact) mass is 321 g/mol. The Morgan fingerprint density at radius 2 is 1.65 bits per heavy atom. The van der Waals surface area contributed by atoms with Gasteiger partial charge in [0, 0.05) is 29.8 Å². The van der Waals surface area contributed by atoms with Crippen LogP contribution in [0.1, 0.15) is 6.42 Å². The Kier molecular flexibility index (Phi) is 9.45. The van der Waals surface area contributed by atoms with E-state index in [0.717, 1.165) is 18.1 Å². The van der Waals surface area contributed by atoms with Crippen LogP contribution in [0.4, 0.5) is 0 Å². The molecule has 0 aromatic rings. The Morgan fingerprint density at radius 3 is 2.15 bits per heavy atom. The van der Waals surface area contributed by atoms with E-state index >= 15 is 0 Å². The minimum Gasteiger partial charge on any atom is -0.389 e. The molecule has 0 aliphatic heterocycles. The van der Waals surface area contributed by atoms with E-state index in [4.69, 9.17) is 9.94 Å². The summed E-state index contributed by atoms with van der Waals surface area (Å²) in [5.41, 5.74) is 0. The molecule has 0 fully saturated rings. The summed E-state index contributed by atoms with van der Waals surface area (Å²) in [4.78, 5) is 0. The molecule has 0 aromatic heterocycles. The number of nitrogens with zero attached hydrogens (tertiary/aromatic N) is 1. The molecule has 20 heavy (non-hydrogen) atoms. The Hall–Kier alpha value is 0.274. The van der Waals surface area contributed by atoms with Crippen molar-refractivity contribution in [2.24, 2.45) is 0 Å². The molecule has 0 aliphatic carbocycles. The second kappa shape index (κ2) is 9.32. The van der Waals surface area contributed by atoms with Crippen LogP contribution < -0.4 is 0 Å². The molecule has 0 saturated carbocycles. The predicted octanol–water partition coefficient (Wildman–Crippen LogP) is 3.12. The van der Waals surface area contributed by atoms with Crippen LogP contribution in [0.15, 0.2) is 0 Å². The van der Waals surface area contributed by atoms with Crippen LogP contribution in [-0.4, -0.2) is 64.4 Å². The van der Waals surface area contributed by atoms with E-state index in [1.165, 1.54) is 25.2 Å². The van der Waals surface area contributed by atoms with E-state index in [2.05, 4.69) is 32.7 Å². The Labute approximate surface area is 127 Å². The highest BCUT2D eigenvalue weighted by atomic mass is 28.3. The lowest BCUT2D eigenvalue weighted by Crippen LogP contribution is -2.31. The minimum absolute atomic E-state index is 0.233. The maximum atomic E-state index is 9.54. The van der Waals surface area contributed by atoms with Crippen molar-refractivity contribution in [1.82, 2.24) is 5.06 Å². The lowest BCUT2D eigenvalue weighted by molar-refractivity contribution is -0.101. The third-order valence-corrected chi connectivity index (χ3v) is 9.04. The molecule has 0 aliphatic rings. The lowest BCUT2D eigenvalue weighted by Gasteiger charge is -2.26. The Balaban J connectivity index is 3.67. The number of hydroxylamine groups is 2. The van der Waals surface area contributed by atoms with Crippen LogP contribution in [0, 0.1) is 0 Å². The molecule has 0 aromatic carbocycles. The normalized spacial score (nSPS) is 14.8. The molecule has 0 radical (unpaired) electrons. The maximum Gasteiger partial charge on any atom is 0.0923 e. The van der Waals surface area contributed by atoms with E-state index in [1.807, 2.05) is 0 Å². The zero-order valence-electron chi connectivity index (χ0n) is 14.3. The maximum absolute atomic E-state index is 9.54.